The van der Waals surface area contributed by atoms with Crippen molar-refractivity contribution in [2.24, 2.45) is 5.10 Å². The van der Waals surface area contributed by atoms with Gasteiger partial charge in [-0.15, -0.1) is 0 Å². The highest BCUT2D eigenvalue weighted by atomic mass is 127. The van der Waals surface area contributed by atoms with Crippen LogP contribution in [0.3, 0.4) is 0 Å². The van der Waals surface area contributed by atoms with Gasteiger partial charge in [0, 0.05) is 16.8 Å². The smallest absolute Gasteiger partial charge is 0.271 e. The number of amides is 1. The summed E-state index contributed by atoms with van der Waals surface area (Å²) in [6.07, 6.45) is 1.67. The maximum Gasteiger partial charge on any atom is 0.271 e. The summed E-state index contributed by atoms with van der Waals surface area (Å²) in [4.78, 5) is 12.7. The van der Waals surface area contributed by atoms with Gasteiger partial charge in [-0.25, -0.2) is 5.43 Å². The summed E-state index contributed by atoms with van der Waals surface area (Å²) >= 11 is 2.01. The second-order valence-electron chi connectivity index (χ2n) is 8.60. The van der Waals surface area contributed by atoms with Crippen LogP contribution in [-0.4, -0.2) is 21.8 Å². The lowest BCUT2D eigenvalue weighted by molar-refractivity contribution is 0.0954. The topological polar surface area (TPSA) is 66.6 Å². The van der Waals surface area contributed by atoms with E-state index in [1.165, 1.54) is 11.6 Å². The zero-order valence-corrected chi connectivity index (χ0v) is 22.3. The van der Waals surface area contributed by atoms with Crippen molar-refractivity contribution in [2.45, 2.75) is 6.92 Å². The number of benzene rings is 4. The van der Waals surface area contributed by atoms with Crippen LogP contribution in [0.5, 0.6) is 5.75 Å². The van der Waals surface area contributed by atoms with Crippen LogP contribution in [0.25, 0.3) is 28.2 Å². The Bertz CT molecular complexity index is 1570. The van der Waals surface area contributed by atoms with E-state index in [2.05, 4.69) is 76.6 Å². The molecule has 1 heterocycles. The number of hydrogen-bond donors (Lipinski definition) is 2. The molecule has 0 saturated heterocycles. The lowest BCUT2D eigenvalue weighted by Crippen LogP contribution is -2.17. The molecule has 0 spiro atoms. The van der Waals surface area contributed by atoms with Crippen LogP contribution in [0.15, 0.2) is 114 Å². The van der Waals surface area contributed by atoms with E-state index in [1.54, 1.807) is 18.3 Å². The highest BCUT2D eigenvalue weighted by molar-refractivity contribution is 14.1. The second-order valence-corrected chi connectivity index (χ2v) is 9.76. The van der Waals surface area contributed by atoms with E-state index in [9.17, 15) is 9.90 Å². The fourth-order valence-corrected chi connectivity index (χ4v) is 4.52. The Labute approximate surface area is 229 Å². The van der Waals surface area contributed by atoms with Gasteiger partial charge in [0.05, 0.1) is 21.2 Å². The third-order valence-electron chi connectivity index (χ3n) is 6.02. The van der Waals surface area contributed by atoms with Gasteiger partial charge in [-0.2, -0.15) is 5.10 Å². The summed E-state index contributed by atoms with van der Waals surface area (Å²) in [5, 5.41) is 14.2. The summed E-state index contributed by atoms with van der Waals surface area (Å²) in [7, 11) is 0. The van der Waals surface area contributed by atoms with Crippen molar-refractivity contribution in [3.8, 4) is 34.0 Å². The average Bonchev–Trinajstić information content (AvgIpc) is 3.31. The van der Waals surface area contributed by atoms with Gasteiger partial charge in [-0.1, -0.05) is 78.4 Å². The third kappa shape index (κ3) is 5.34. The lowest BCUT2D eigenvalue weighted by Gasteiger charge is -2.15. The van der Waals surface area contributed by atoms with Gasteiger partial charge in [0.2, 0.25) is 0 Å². The van der Waals surface area contributed by atoms with E-state index in [1.807, 2.05) is 59.0 Å². The Morgan fingerprint density at radius 3 is 2.16 bits per heavy atom. The number of halogens is 1. The predicted octanol–water partition coefficient (Wildman–Crippen LogP) is 7.19. The molecule has 6 heteroatoms. The molecule has 37 heavy (non-hydrogen) atoms. The first-order valence-corrected chi connectivity index (χ1v) is 12.8. The zero-order chi connectivity index (χ0) is 25.8. The van der Waals surface area contributed by atoms with E-state index < -0.39 is 5.91 Å². The quantitative estimate of drug-likeness (QED) is 0.124. The Kier molecular flexibility index (Phi) is 7.18. The molecule has 182 valence electrons. The van der Waals surface area contributed by atoms with E-state index >= 15 is 0 Å². The molecule has 0 atom stereocenters. The van der Waals surface area contributed by atoms with Crippen LogP contribution in [0.1, 0.15) is 21.5 Å². The molecule has 0 radical (unpaired) electrons. The number of hydrazone groups is 1. The first-order valence-electron chi connectivity index (χ1n) is 11.8. The van der Waals surface area contributed by atoms with Gasteiger partial charge in [0.25, 0.3) is 5.91 Å². The maximum absolute atomic E-state index is 12.7. The zero-order valence-electron chi connectivity index (χ0n) is 20.1. The number of nitrogens with one attached hydrogen (secondary N) is 1. The maximum atomic E-state index is 12.7. The molecule has 2 N–H and O–H groups in total. The molecule has 1 aromatic heterocycles. The first kappa shape index (κ1) is 24.5. The van der Waals surface area contributed by atoms with Crippen molar-refractivity contribution in [3.63, 3.8) is 0 Å². The van der Waals surface area contributed by atoms with Gasteiger partial charge in [-0.3, -0.25) is 4.79 Å². The number of rotatable bonds is 6. The minimum absolute atomic E-state index is 0.0614. The average molecular weight is 597 g/mol. The Morgan fingerprint density at radius 1 is 0.865 bits per heavy atom. The Balaban J connectivity index is 1.61. The van der Waals surface area contributed by atoms with Crippen LogP contribution in [0.4, 0.5) is 0 Å². The van der Waals surface area contributed by atoms with Crippen molar-refractivity contribution in [3.05, 3.63) is 129 Å². The van der Waals surface area contributed by atoms with E-state index in [-0.39, 0.29) is 5.75 Å². The summed E-state index contributed by atoms with van der Waals surface area (Å²) in [6.45, 7) is 2.07. The van der Waals surface area contributed by atoms with E-state index in [4.69, 9.17) is 0 Å². The van der Waals surface area contributed by atoms with E-state index in [0.717, 1.165) is 33.8 Å². The molecule has 5 nitrogen and oxygen atoms in total. The molecule has 0 fully saturated rings. The highest BCUT2D eigenvalue weighted by Crippen LogP contribution is 2.35. The van der Waals surface area contributed by atoms with Crippen LogP contribution >= 0.6 is 22.6 Å². The Morgan fingerprint density at radius 2 is 1.51 bits per heavy atom. The minimum atomic E-state index is -0.398. The van der Waals surface area contributed by atoms with Crippen LogP contribution in [0, 0.1) is 10.5 Å². The number of hydrogen-bond acceptors (Lipinski definition) is 3. The number of nitrogens with zero attached hydrogens (tertiary/aromatic N) is 2. The fourth-order valence-electron chi connectivity index (χ4n) is 4.18. The largest absolute Gasteiger partial charge is 0.507 e. The monoisotopic (exact) mass is 597 g/mol. The number of aryl methyl sites for hydroxylation is 1. The van der Waals surface area contributed by atoms with Crippen LogP contribution in [0.2, 0.25) is 0 Å². The number of carbonyl (C=O) groups excluding carboxylic acids is 1. The molecule has 5 rings (SSSR count). The number of aromatic nitrogens is 1. The number of phenolic OH excluding ortho intramolecular Hbond substituents is 1. The molecular formula is C31H24IN3O2. The summed E-state index contributed by atoms with van der Waals surface area (Å²) < 4.78 is 2.90. The van der Waals surface area contributed by atoms with Gasteiger partial charge in [-0.05, 0) is 77.0 Å². The van der Waals surface area contributed by atoms with Gasteiger partial charge in [0.1, 0.15) is 5.75 Å². The van der Waals surface area contributed by atoms with Gasteiger partial charge >= 0.3 is 0 Å². The highest BCUT2D eigenvalue weighted by Gasteiger charge is 2.18. The van der Waals surface area contributed by atoms with Crippen molar-refractivity contribution >= 4 is 34.7 Å². The summed E-state index contributed by atoms with van der Waals surface area (Å²) in [6, 6.07) is 35.7. The molecule has 0 bridgehead atoms. The number of phenols is 1. The standard InChI is InChI=1S/C31H24IN3O2/c1-21-12-15-26(16-13-21)35-28(22-8-4-2-5-9-22)18-25(30(35)23-10-6-3-7-11-23)20-33-34-31(37)24-14-17-27(32)29(36)19-24/h2-20,36H,1H3,(H,34,37)/b33-20+. The first-order chi connectivity index (χ1) is 18.0. The summed E-state index contributed by atoms with van der Waals surface area (Å²) in [5.41, 5.74) is 10.1. The second kappa shape index (κ2) is 10.8. The molecule has 0 unspecified atom stereocenters. The van der Waals surface area contributed by atoms with Crippen molar-refractivity contribution in [1.29, 1.82) is 0 Å². The van der Waals surface area contributed by atoms with E-state index in [0.29, 0.717) is 9.13 Å². The molecule has 0 aliphatic rings. The molecule has 1 amide bonds. The van der Waals surface area contributed by atoms with Gasteiger partial charge in [0.15, 0.2) is 0 Å². The molecule has 0 aliphatic carbocycles. The number of aromatic hydroxyl groups is 1. The molecular weight excluding hydrogens is 573 g/mol. The predicted molar refractivity (Wildman–Crippen MR) is 157 cm³/mol. The molecule has 0 saturated carbocycles. The van der Waals surface area contributed by atoms with Crippen molar-refractivity contribution in [1.82, 2.24) is 9.99 Å². The SMILES string of the molecule is Cc1ccc(-n2c(-c3ccccc3)cc(/C=N/NC(=O)c3ccc(I)c(O)c3)c2-c2ccccc2)cc1. The normalized spacial score (nSPS) is 11.1. The molecule has 4 aromatic carbocycles. The fraction of sp³-hybridized carbons (Fsp3) is 0.0323. The van der Waals surface area contributed by atoms with Crippen LogP contribution in [-0.2, 0) is 0 Å². The van der Waals surface area contributed by atoms with Crippen LogP contribution < -0.4 is 5.43 Å². The summed E-state index contributed by atoms with van der Waals surface area (Å²) in [5.74, 6) is -0.336. The molecule has 0 aliphatic heterocycles. The molecule has 5 aromatic rings. The van der Waals surface area contributed by atoms with Gasteiger partial charge < -0.3 is 9.67 Å². The number of carbonyl (C=O) groups is 1. The van der Waals surface area contributed by atoms with Crippen molar-refractivity contribution < 1.29 is 9.90 Å². The lowest BCUT2D eigenvalue weighted by atomic mass is 10.1. The van der Waals surface area contributed by atoms with Crippen molar-refractivity contribution in [2.75, 3.05) is 0 Å². The third-order valence-corrected chi connectivity index (χ3v) is 6.93. The Hall–Kier alpha value is -4.17. The minimum Gasteiger partial charge on any atom is -0.507 e.